The van der Waals surface area contributed by atoms with E-state index >= 15 is 0 Å². The van der Waals surface area contributed by atoms with E-state index in [-0.39, 0.29) is 10.9 Å². The lowest BCUT2D eigenvalue weighted by molar-refractivity contribution is 0.419. The number of hydrogen-bond acceptors (Lipinski definition) is 2. The van der Waals surface area contributed by atoms with Gasteiger partial charge in [0.2, 0.25) is 0 Å². The molecule has 1 aromatic heterocycles. The van der Waals surface area contributed by atoms with E-state index in [1.807, 2.05) is 25.1 Å². The van der Waals surface area contributed by atoms with Crippen LogP contribution in [0.15, 0.2) is 30.5 Å². The Labute approximate surface area is 117 Å². The van der Waals surface area contributed by atoms with Gasteiger partial charge in [0, 0.05) is 6.20 Å². The molecule has 2 nitrogen and oxygen atoms in total. The molecular formula is C15H15ClFNO. The third kappa shape index (κ3) is 3.24. The summed E-state index contributed by atoms with van der Waals surface area (Å²) in [5.74, 6) is 0.362. The molecule has 100 valence electrons. The van der Waals surface area contributed by atoms with Gasteiger partial charge in [-0.2, -0.15) is 0 Å². The van der Waals surface area contributed by atoms with E-state index in [0.29, 0.717) is 11.7 Å². The Kier molecular flexibility index (Phi) is 4.05. The summed E-state index contributed by atoms with van der Waals surface area (Å²) < 4.78 is 19.2. The number of pyridine rings is 1. The molecule has 0 bridgehead atoms. The maximum Gasteiger partial charge on any atom is 0.255 e. The summed E-state index contributed by atoms with van der Waals surface area (Å²) in [6, 6.07) is 7.10. The van der Waals surface area contributed by atoms with E-state index in [9.17, 15) is 4.39 Å². The fourth-order valence-electron chi connectivity index (χ4n) is 1.67. The van der Waals surface area contributed by atoms with Crippen molar-refractivity contribution in [3.63, 3.8) is 0 Å². The van der Waals surface area contributed by atoms with Gasteiger partial charge in [-0.25, -0.2) is 9.37 Å². The minimum atomic E-state index is -0.568. The summed E-state index contributed by atoms with van der Waals surface area (Å²) in [5, 5.41) is 0.248. The van der Waals surface area contributed by atoms with Gasteiger partial charge >= 0.3 is 0 Å². The van der Waals surface area contributed by atoms with Crippen molar-refractivity contribution >= 4 is 11.6 Å². The van der Waals surface area contributed by atoms with E-state index in [0.717, 1.165) is 11.1 Å². The van der Waals surface area contributed by atoms with Crippen LogP contribution in [0, 0.1) is 12.7 Å². The van der Waals surface area contributed by atoms with Crippen molar-refractivity contribution < 1.29 is 9.13 Å². The Balaban J connectivity index is 2.34. The first-order chi connectivity index (χ1) is 8.97. The Hall–Kier alpha value is -1.61. The van der Waals surface area contributed by atoms with Crippen molar-refractivity contribution in [1.82, 2.24) is 4.98 Å². The van der Waals surface area contributed by atoms with Crippen molar-refractivity contribution in [3.05, 3.63) is 52.4 Å². The number of rotatable bonds is 3. The minimum Gasteiger partial charge on any atom is -0.436 e. The van der Waals surface area contributed by atoms with Crippen molar-refractivity contribution in [2.24, 2.45) is 0 Å². The van der Waals surface area contributed by atoms with Gasteiger partial charge in [-0.1, -0.05) is 37.6 Å². The number of aryl methyl sites for hydroxylation is 1. The zero-order valence-electron chi connectivity index (χ0n) is 11.1. The molecule has 0 spiro atoms. The van der Waals surface area contributed by atoms with Gasteiger partial charge in [-0.3, -0.25) is 0 Å². The monoisotopic (exact) mass is 279 g/mol. The van der Waals surface area contributed by atoms with Crippen LogP contribution in [0.4, 0.5) is 4.39 Å². The fraction of sp³-hybridized carbons (Fsp3) is 0.267. The van der Waals surface area contributed by atoms with Gasteiger partial charge in [-0.05, 0) is 36.1 Å². The Morgan fingerprint density at radius 2 is 2.00 bits per heavy atom. The number of benzene rings is 1. The Morgan fingerprint density at radius 1 is 1.26 bits per heavy atom. The summed E-state index contributed by atoms with van der Waals surface area (Å²) >= 11 is 5.66. The topological polar surface area (TPSA) is 22.1 Å². The normalized spacial score (nSPS) is 10.8. The average molecular weight is 280 g/mol. The predicted molar refractivity (Wildman–Crippen MR) is 74.5 cm³/mol. The van der Waals surface area contributed by atoms with Crippen LogP contribution in [0.25, 0.3) is 0 Å². The number of aromatic nitrogens is 1. The van der Waals surface area contributed by atoms with E-state index < -0.39 is 5.82 Å². The fourth-order valence-corrected chi connectivity index (χ4v) is 1.81. The first kappa shape index (κ1) is 13.8. The zero-order chi connectivity index (χ0) is 14.0. The summed E-state index contributed by atoms with van der Waals surface area (Å²) in [6.45, 7) is 6.10. The van der Waals surface area contributed by atoms with Crippen LogP contribution in [-0.4, -0.2) is 4.98 Å². The predicted octanol–water partition coefficient (Wildman–Crippen LogP) is 5.10. The van der Waals surface area contributed by atoms with Crippen LogP contribution in [0.1, 0.15) is 30.9 Å². The third-order valence-electron chi connectivity index (χ3n) is 2.86. The summed E-state index contributed by atoms with van der Waals surface area (Å²) in [4.78, 5) is 3.86. The van der Waals surface area contributed by atoms with Crippen LogP contribution in [-0.2, 0) is 0 Å². The highest BCUT2D eigenvalue weighted by atomic mass is 35.5. The molecule has 2 rings (SSSR count). The lowest BCUT2D eigenvalue weighted by Gasteiger charge is -2.12. The molecule has 0 amide bonds. The average Bonchev–Trinajstić information content (AvgIpc) is 2.34. The van der Waals surface area contributed by atoms with E-state index in [1.165, 1.54) is 12.3 Å². The van der Waals surface area contributed by atoms with Gasteiger partial charge in [0.25, 0.3) is 5.88 Å². The molecule has 19 heavy (non-hydrogen) atoms. The van der Waals surface area contributed by atoms with Gasteiger partial charge in [0.15, 0.2) is 5.82 Å². The molecule has 0 N–H and O–H groups in total. The Bertz CT molecular complexity index is 599. The highest BCUT2D eigenvalue weighted by Crippen LogP contribution is 2.29. The minimum absolute atomic E-state index is 0.0617. The zero-order valence-corrected chi connectivity index (χ0v) is 11.8. The van der Waals surface area contributed by atoms with E-state index in [4.69, 9.17) is 16.3 Å². The first-order valence-corrected chi connectivity index (χ1v) is 6.44. The van der Waals surface area contributed by atoms with Gasteiger partial charge in [0.05, 0.1) is 5.02 Å². The van der Waals surface area contributed by atoms with E-state index in [2.05, 4.69) is 18.8 Å². The maximum atomic E-state index is 13.7. The number of nitrogens with zero attached hydrogens (tertiary/aromatic N) is 1. The highest BCUT2D eigenvalue weighted by molar-refractivity contribution is 6.30. The molecule has 0 saturated carbocycles. The molecule has 1 aromatic carbocycles. The summed E-state index contributed by atoms with van der Waals surface area (Å²) in [7, 11) is 0. The first-order valence-electron chi connectivity index (χ1n) is 6.07. The van der Waals surface area contributed by atoms with Crippen LogP contribution in [0.5, 0.6) is 11.6 Å². The van der Waals surface area contributed by atoms with Crippen molar-refractivity contribution in [2.45, 2.75) is 26.7 Å². The molecule has 4 heteroatoms. The molecule has 2 aromatic rings. The standard InChI is InChI=1S/C15H15ClFNO/c1-9(2)11-5-4-10(3)14(6-11)19-15-13(17)7-12(16)8-18-15/h4-9H,1-3H3. The molecule has 1 heterocycles. The quantitative estimate of drug-likeness (QED) is 0.780. The maximum absolute atomic E-state index is 13.7. The molecular weight excluding hydrogens is 265 g/mol. The molecule has 0 aliphatic heterocycles. The molecule has 0 unspecified atom stereocenters. The van der Waals surface area contributed by atoms with Gasteiger partial charge < -0.3 is 4.74 Å². The highest BCUT2D eigenvalue weighted by Gasteiger charge is 2.10. The van der Waals surface area contributed by atoms with Crippen LogP contribution >= 0.6 is 11.6 Å². The van der Waals surface area contributed by atoms with Crippen LogP contribution < -0.4 is 4.74 Å². The largest absolute Gasteiger partial charge is 0.436 e. The van der Waals surface area contributed by atoms with E-state index in [1.54, 1.807) is 0 Å². The molecule has 0 saturated heterocycles. The van der Waals surface area contributed by atoms with Gasteiger partial charge in [-0.15, -0.1) is 0 Å². The summed E-state index contributed by atoms with van der Waals surface area (Å²) in [6.07, 6.45) is 1.36. The number of ether oxygens (including phenoxy) is 1. The summed E-state index contributed by atoms with van der Waals surface area (Å²) in [5.41, 5.74) is 2.07. The SMILES string of the molecule is Cc1ccc(C(C)C)cc1Oc1ncc(Cl)cc1F. The molecule has 0 atom stereocenters. The van der Waals surface area contributed by atoms with Gasteiger partial charge in [0.1, 0.15) is 5.75 Å². The smallest absolute Gasteiger partial charge is 0.255 e. The molecule has 0 radical (unpaired) electrons. The second kappa shape index (κ2) is 5.57. The lowest BCUT2D eigenvalue weighted by Crippen LogP contribution is -1.96. The number of hydrogen-bond donors (Lipinski definition) is 0. The number of halogens is 2. The molecule has 0 aliphatic carbocycles. The molecule has 0 fully saturated rings. The van der Waals surface area contributed by atoms with Crippen molar-refractivity contribution in [3.8, 4) is 11.6 Å². The van der Waals surface area contributed by atoms with Crippen molar-refractivity contribution in [1.29, 1.82) is 0 Å². The lowest BCUT2D eigenvalue weighted by atomic mass is 10.0. The van der Waals surface area contributed by atoms with Crippen LogP contribution in [0.3, 0.4) is 0 Å². The molecule has 0 aliphatic rings. The second-order valence-corrected chi connectivity index (χ2v) is 5.16. The van der Waals surface area contributed by atoms with Crippen LogP contribution in [0.2, 0.25) is 5.02 Å². The third-order valence-corrected chi connectivity index (χ3v) is 3.07. The van der Waals surface area contributed by atoms with Crippen molar-refractivity contribution in [2.75, 3.05) is 0 Å². The Morgan fingerprint density at radius 3 is 2.63 bits per heavy atom. The second-order valence-electron chi connectivity index (χ2n) is 4.72.